The predicted octanol–water partition coefficient (Wildman–Crippen LogP) is 0.692. The van der Waals surface area contributed by atoms with Crippen molar-refractivity contribution in [2.75, 3.05) is 20.2 Å². The molecular weight excluding hydrogens is 306 g/mol. The molecule has 1 aromatic heterocycles. The van der Waals surface area contributed by atoms with E-state index in [9.17, 15) is 13.2 Å². The van der Waals surface area contributed by atoms with Crippen LogP contribution < -0.4 is 0 Å². The van der Waals surface area contributed by atoms with Gasteiger partial charge in [-0.05, 0) is 37.7 Å². The first-order valence-corrected chi connectivity index (χ1v) is 8.83. The SMILES string of the molecule is COC(=O)C1CC12CCN(S(=O)(=O)c1cc(C)nn1C)CC2. The number of hydrogen-bond donors (Lipinski definition) is 0. The minimum atomic E-state index is -3.52. The smallest absolute Gasteiger partial charge is 0.309 e. The Kier molecular flexibility index (Phi) is 3.56. The molecule has 7 nitrogen and oxygen atoms in total. The fourth-order valence-electron chi connectivity index (χ4n) is 3.51. The van der Waals surface area contributed by atoms with Gasteiger partial charge in [0.25, 0.3) is 10.0 Å². The van der Waals surface area contributed by atoms with Crippen molar-refractivity contribution in [2.24, 2.45) is 18.4 Å². The summed E-state index contributed by atoms with van der Waals surface area (Å²) in [5.74, 6) is -0.222. The molecule has 1 unspecified atom stereocenters. The van der Waals surface area contributed by atoms with E-state index in [0.29, 0.717) is 31.6 Å². The maximum absolute atomic E-state index is 12.7. The monoisotopic (exact) mass is 327 g/mol. The van der Waals surface area contributed by atoms with Gasteiger partial charge in [0.15, 0.2) is 5.03 Å². The molecule has 122 valence electrons. The van der Waals surface area contributed by atoms with Crippen molar-refractivity contribution < 1.29 is 17.9 Å². The fraction of sp³-hybridized carbons (Fsp3) is 0.714. The predicted molar refractivity (Wildman–Crippen MR) is 78.5 cm³/mol. The maximum Gasteiger partial charge on any atom is 0.309 e. The molecule has 0 aromatic carbocycles. The molecule has 1 saturated heterocycles. The van der Waals surface area contributed by atoms with Crippen LogP contribution >= 0.6 is 0 Å². The van der Waals surface area contributed by atoms with Crippen LogP contribution in [0.25, 0.3) is 0 Å². The highest BCUT2D eigenvalue weighted by Gasteiger charge is 2.60. The Morgan fingerprint density at radius 2 is 2.05 bits per heavy atom. The quantitative estimate of drug-likeness (QED) is 0.763. The van der Waals surface area contributed by atoms with Crippen LogP contribution in [0.5, 0.6) is 0 Å². The van der Waals surface area contributed by atoms with Gasteiger partial charge in [-0.2, -0.15) is 9.40 Å². The highest BCUT2D eigenvalue weighted by atomic mass is 32.2. The number of aryl methyl sites for hydroxylation is 2. The first-order valence-electron chi connectivity index (χ1n) is 7.39. The van der Waals surface area contributed by atoms with Crippen molar-refractivity contribution in [3.8, 4) is 0 Å². The van der Waals surface area contributed by atoms with Crippen molar-refractivity contribution >= 4 is 16.0 Å². The van der Waals surface area contributed by atoms with E-state index in [1.54, 1.807) is 20.0 Å². The van der Waals surface area contributed by atoms with Crippen LogP contribution in [0.2, 0.25) is 0 Å². The second kappa shape index (κ2) is 5.06. The topological polar surface area (TPSA) is 81.5 Å². The lowest BCUT2D eigenvalue weighted by Crippen LogP contribution is -2.40. The van der Waals surface area contributed by atoms with Gasteiger partial charge in [0, 0.05) is 20.1 Å². The normalized spacial score (nSPS) is 24.4. The summed E-state index contributed by atoms with van der Waals surface area (Å²) >= 11 is 0. The molecule has 8 heteroatoms. The fourth-order valence-corrected chi connectivity index (χ4v) is 5.13. The van der Waals surface area contributed by atoms with Crippen molar-refractivity contribution in [1.82, 2.24) is 14.1 Å². The maximum atomic E-state index is 12.7. The second-order valence-electron chi connectivity index (χ2n) is 6.29. The average Bonchev–Trinajstić information content (AvgIpc) is 3.05. The van der Waals surface area contributed by atoms with Crippen molar-refractivity contribution in [2.45, 2.75) is 31.2 Å². The Labute approximate surface area is 130 Å². The minimum Gasteiger partial charge on any atom is -0.469 e. The van der Waals surface area contributed by atoms with Gasteiger partial charge in [-0.3, -0.25) is 9.48 Å². The lowest BCUT2D eigenvalue weighted by molar-refractivity contribution is -0.143. The molecule has 0 N–H and O–H groups in total. The number of carbonyl (C=O) groups is 1. The van der Waals surface area contributed by atoms with Gasteiger partial charge in [0.1, 0.15) is 0 Å². The lowest BCUT2D eigenvalue weighted by atomic mass is 9.92. The van der Waals surface area contributed by atoms with E-state index in [4.69, 9.17) is 4.74 Å². The standard InChI is InChI=1S/C14H21N3O4S/c1-10-8-12(16(2)15-10)22(19,20)17-6-4-14(5-7-17)9-11(14)13(18)21-3/h8,11H,4-7,9H2,1-3H3. The summed E-state index contributed by atoms with van der Waals surface area (Å²) in [5, 5.41) is 4.33. The number of esters is 1. The third kappa shape index (κ3) is 2.34. The third-order valence-corrected chi connectivity index (χ3v) is 6.91. The summed E-state index contributed by atoms with van der Waals surface area (Å²) in [4.78, 5) is 11.6. The lowest BCUT2D eigenvalue weighted by Gasteiger charge is -2.31. The largest absolute Gasteiger partial charge is 0.469 e. The van der Waals surface area contributed by atoms with Crippen LogP contribution in [0.15, 0.2) is 11.1 Å². The summed E-state index contributed by atoms with van der Waals surface area (Å²) in [6, 6.07) is 1.59. The Bertz CT molecular complexity index is 702. The summed E-state index contributed by atoms with van der Waals surface area (Å²) in [6.45, 7) is 2.66. The highest BCUT2D eigenvalue weighted by molar-refractivity contribution is 7.89. The molecule has 1 aliphatic carbocycles. The van der Waals surface area contributed by atoms with E-state index in [1.807, 2.05) is 0 Å². The van der Waals surface area contributed by atoms with Crippen LogP contribution in [0.1, 0.15) is 25.0 Å². The van der Waals surface area contributed by atoms with Crippen LogP contribution in [0.4, 0.5) is 0 Å². The van der Waals surface area contributed by atoms with E-state index < -0.39 is 10.0 Å². The number of sulfonamides is 1. The number of carbonyl (C=O) groups excluding carboxylic acids is 1. The van der Waals surface area contributed by atoms with Crippen LogP contribution in [-0.2, 0) is 26.6 Å². The van der Waals surface area contributed by atoms with Crippen LogP contribution in [0.3, 0.4) is 0 Å². The van der Waals surface area contributed by atoms with Crippen molar-refractivity contribution in [1.29, 1.82) is 0 Å². The molecule has 1 spiro atoms. The van der Waals surface area contributed by atoms with E-state index in [1.165, 1.54) is 16.1 Å². The molecular formula is C14H21N3O4S. The van der Waals surface area contributed by atoms with Gasteiger partial charge in [-0.1, -0.05) is 0 Å². The number of piperidine rings is 1. The number of nitrogens with zero attached hydrogens (tertiary/aromatic N) is 3. The molecule has 0 radical (unpaired) electrons. The summed E-state index contributed by atoms with van der Waals surface area (Å²) in [6.07, 6.45) is 2.24. The second-order valence-corrected chi connectivity index (χ2v) is 8.18. The van der Waals surface area contributed by atoms with Crippen molar-refractivity contribution in [3.63, 3.8) is 0 Å². The zero-order valence-corrected chi connectivity index (χ0v) is 13.9. The van der Waals surface area contributed by atoms with Gasteiger partial charge < -0.3 is 4.74 Å². The summed E-state index contributed by atoms with van der Waals surface area (Å²) < 4.78 is 33.1. The zero-order chi connectivity index (χ0) is 16.1. The minimum absolute atomic E-state index is 0.0402. The molecule has 2 fully saturated rings. The summed E-state index contributed by atoms with van der Waals surface area (Å²) in [7, 11) is -0.480. The first-order chi connectivity index (χ1) is 10.3. The Morgan fingerprint density at radius 1 is 1.41 bits per heavy atom. The van der Waals surface area contributed by atoms with Gasteiger partial charge in [-0.15, -0.1) is 0 Å². The summed E-state index contributed by atoms with van der Waals surface area (Å²) in [5.41, 5.74) is 0.643. The highest BCUT2D eigenvalue weighted by Crippen LogP contribution is 2.60. The number of rotatable bonds is 3. The molecule has 1 aliphatic heterocycles. The molecule has 0 amide bonds. The Morgan fingerprint density at radius 3 is 2.55 bits per heavy atom. The molecule has 1 atom stereocenters. The van der Waals surface area contributed by atoms with E-state index in [0.717, 1.165) is 6.42 Å². The van der Waals surface area contributed by atoms with E-state index in [-0.39, 0.29) is 22.3 Å². The average molecular weight is 327 g/mol. The number of ether oxygens (including phenoxy) is 1. The van der Waals surface area contributed by atoms with Crippen LogP contribution in [0, 0.1) is 18.3 Å². The van der Waals surface area contributed by atoms with Crippen molar-refractivity contribution in [3.05, 3.63) is 11.8 Å². The number of methoxy groups -OCH3 is 1. The molecule has 3 rings (SSSR count). The van der Waals surface area contributed by atoms with Crippen LogP contribution in [-0.4, -0.2) is 48.7 Å². The van der Waals surface area contributed by atoms with E-state index >= 15 is 0 Å². The molecule has 22 heavy (non-hydrogen) atoms. The van der Waals surface area contributed by atoms with Gasteiger partial charge in [0.2, 0.25) is 0 Å². The third-order valence-electron chi connectivity index (χ3n) is 4.96. The Hall–Kier alpha value is -1.41. The molecule has 1 saturated carbocycles. The first kappa shape index (κ1) is 15.5. The number of aromatic nitrogens is 2. The molecule has 0 bridgehead atoms. The molecule has 2 aliphatic rings. The number of hydrogen-bond acceptors (Lipinski definition) is 5. The molecule has 2 heterocycles. The Balaban J connectivity index is 1.72. The van der Waals surface area contributed by atoms with Gasteiger partial charge >= 0.3 is 5.97 Å². The van der Waals surface area contributed by atoms with Gasteiger partial charge in [0.05, 0.1) is 18.7 Å². The van der Waals surface area contributed by atoms with E-state index in [2.05, 4.69) is 5.10 Å². The van der Waals surface area contributed by atoms with Gasteiger partial charge in [-0.25, -0.2) is 8.42 Å². The zero-order valence-electron chi connectivity index (χ0n) is 13.1. The molecule has 1 aromatic rings.